The summed E-state index contributed by atoms with van der Waals surface area (Å²) in [6.07, 6.45) is 2.91. The first-order valence-corrected chi connectivity index (χ1v) is 7.66. The van der Waals surface area contributed by atoms with Gasteiger partial charge in [-0.15, -0.1) is 0 Å². The van der Waals surface area contributed by atoms with Crippen molar-refractivity contribution >= 4 is 5.97 Å². The molecule has 0 radical (unpaired) electrons. The van der Waals surface area contributed by atoms with Crippen LogP contribution in [0.25, 0.3) is 0 Å². The summed E-state index contributed by atoms with van der Waals surface area (Å²) >= 11 is 0. The summed E-state index contributed by atoms with van der Waals surface area (Å²) in [7, 11) is 0. The second-order valence-electron chi connectivity index (χ2n) is 6.59. The van der Waals surface area contributed by atoms with Crippen molar-refractivity contribution in [3.8, 4) is 5.75 Å². The van der Waals surface area contributed by atoms with Crippen molar-refractivity contribution in [2.75, 3.05) is 13.1 Å². The zero-order valence-electron chi connectivity index (χ0n) is 13.0. The summed E-state index contributed by atoms with van der Waals surface area (Å²) in [5.74, 6) is 0.270. The minimum absolute atomic E-state index is 0.198. The van der Waals surface area contributed by atoms with Crippen molar-refractivity contribution in [1.29, 1.82) is 0 Å². The fraction of sp³-hybridized carbons (Fsp3) is 0.588. The van der Waals surface area contributed by atoms with Crippen LogP contribution in [-0.2, 0) is 11.2 Å². The van der Waals surface area contributed by atoms with Gasteiger partial charge in [0, 0.05) is 19.5 Å². The maximum atomic E-state index is 11.2. The van der Waals surface area contributed by atoms with Crippen molar-refractivity contribution in [2.24, 2.45) is 0 Å². The molecule has 1 N–H and O–H groups in total. The summed E-state index contributed by atoms with van der Waals surface area (Å²) in [6, 6.07) is 3.93. The molecule has 3 rings (SSSR count). The Morgan fingerprint density at radius 1 is 1.38 bits per heavy atom. The molecule has 1 aromatic carbocycles. The highest BCUT2D eigenvalue weighted by Crippen LogP contribution is 2.41. The van der Waals surface area contributed by atoms with Gasteiger partial charge in [-0.3, -0.25) is 9.69 Å². The van der Waals surface area contributed by atoms with Crippen molar-refractivity contribution in [1.82, 2.24) is 4.90 Å². The van der Waals surface area contributed by atoms with E-state index < -0.39 is 12.0 Å². The predicted octanol–water partition coefficient (Wildman–Crippen LogP) is 2.55. The van der Waals surface area contributed by atoms with Gasteiger partial charge in [0.1, 0.15) is 17.4 Å². The number of carboxylic acid groups (broad SMARTS) is 1. The summed E-state index contributed by atoms with van der Waals surface area (Å²) in [5, 5.41) is 9.18. The lowest BCUT2D eigenvalue weighted by atomic mass is 9.88. The lowest BCUT2D eigenvalue weighted by Crippen LogP contribution is -2.45. The largest absolute Gasteiger partial charge is 0.485 e. The van der Waals surface area contributed by atoms with E-state index in [1.807, 2.05) is 4.90 Å². The van der Waals surface area contributed by atoms with Gasteiger partial charge in [0.15, 0.2) is 0 Å². The van der Waals surface area contributed by atoms with E-state index in [9.17, 15) is 9.90 Å². The van der Waals surface area contributed by atoms with Crippen molar-refractivity contribution < 1.29 is 14.6 Å². The Morgan fingerprint density at radius 2 is 2.14 bits per heavy atom. The lowest BCUT2D eigenvalue weighted by molar-refractivity contribution is -0.142. The number of carbonyl (C=O) groups is 1. The van der Waals surface area contributed by atoms with Gasteiger partial charge in [0.25, 0.3) is 0 Å². The average Bonchev–Trinajstić information content (AvgIpc) is 2.83. The molecule has 4 heteroatoms. The molecule has 4 nitrogen and oxygen atoms in total. The van der Waals surface area contributed by atoms with Crippen LogP contribution in [0.5, 0.6) is 5.75 Å². The zero-order valence-corrected chi connectivity index (χ0v) is 13.0. The van der Waals surface area contributed by atoms with Gasteiger partial charge in [-0.2, -0.15) is 0 Å². The number of nitrogens with zero attached hydrogens (tertiary/aromatic N) is 1. The number of hydrogen-bond donors (Lipinski definition) is 1. The Kier molecular flexibility index (Phi) is 3.44. The zero-order chi connectivity index (χ0) is 15.2. The van der Waals surface area contributed by atoms with Gasteiger partial charge in [0.2, 0.25) is 0 Å². The van der Waals surface area contributed by atoms with Gasteiger partial charge < -0.3 is 9.84 Å². The van der Waals surface area contributed by atoms with Crippen LogP contribution >= 0.6 is 0 Å². The third-order valence-electron chi connectivity index (χ3n) is 4.92. The highest BCUT2D eigenvalue weighted by atomic mass is 16.5. The molecule has 1 aromatic rings. The molecule has 0 bridgehead atoms. The van der Waals surface area contributed by atoms with E-state index in [1.165, 1.54) is 16.7 Å². The molecular formula is C17H23NO3. The van der Waals surface area contributed by atoms with Crippen LogP contribution in [0.4, 0.5) is 0 Å². The second-order valence-corrected chi connectivity index (χ2v) is 6.59. The van der Waals surface area contributed by atoms with E-state index in [0.29, 0.717) is 6.54 Å². The van der Waals surface area contributed by atoms with Crippen molar-refractivity contribution in [3.05, 3.63) is 28.8 Å². The molecule has 2 aliphatic rings. The van der Waals surface area contributed by atoms with Crippen LogP contribution in [0.2, 0.25) is 0 Å². The van der Waals surface area contributed by atoms with E-state index in [-0.39, 0.29) is 5.60 Å². The Labute approximate surface area is 125 Å². The fourth-order valence-corrected chi connectivity index (χ4v) is 3.65. The minimum Gasteiger partial charge on any atom is -0.485 e. The number of ether oxygens (including phenoxy) is 1. The summed E-state index contributed by atoms with van der Waals surface area (Å²) in [4.78, 5) is 13.2. The fourth-order valence-electron chi connectivity index (χ4n) is 3.65. The first-order valence-electron chi connectivity index (χ1n) is 7.66. The number of benzene rings is 1. The maximum Gasteiger partial charge on any atom is 0.320 e. The number of hydrogen-bond acceptors (Lipinski definition) is 3. The molecule has 1 spiro atoms. The first-order chi connectivity index (χ1) is 9.90. The number of likely N-dealkylation sites (tertiary alicyclic amines) is 1. The Bertz CT molecular complexity index is 584. The number of rotatable bonds is 2. The van der Waals surface area contributed by atoms with Crippen LogP contribution in [0, 0.1) is 13.8 Å². The van der Waals surface area contributed by atoms with Crippen LogP contribution in [0.1, 0.15) is 36.5 Å². The smallest absolute Gasteiger partial charge is 0.320 e. The maximum absolute atomic E-state index is 11.2. The van der Waals surface area contributed by atoms with Gasteiger partial charge in [-0.25, -0.2) is 0 Å². The van der Waals surface area contributed by atoms with E-state index in [1.54, 1.807) is 6.92 Å². The summed E-state index contributed by atoms with van der Waals surface area (Å²) in [6.45, 7) is 7.48. The average molecular weight is 289 g/mol. The predicted molar refractivity (Wildman–Crippen MR) is 80.9 cm³/mol. The molecule has 0 amide bonds. The summed E-state index contributed by atoms with van der Waals surface area (Å²) in [5.41, 5.74) is 3.56. The molecule has 2 aliphatic heterocycles. The normalized spacial score (nSPS) is 26.4. The van der Waals surface area contributed by atoms with Crippen LogP contribution in [-0.4, -0.2) is 40.7 Å². The van der Waals surface area contributed by atoms with Crippen molar-refractivity contribution in [3.63, 3.8) is 0 Å². The lowest BCUT2D eigenvalue weighted by Gasteiger charge is -2.37. The van der Waals surface area contributed by atoms with Crippen LogP contribution < -0.4 is 4.74 Å². The SMILES string of the molecule is Cc1cc(C)c2c(c1)CCC1(CCN(C(C)C(=O)O)C1)O2. The van der Waals surface area contributed by atoms with Crippen molar-refractivity contribution in [2.45, 2.75) is 51.7 Å². The molecule has 2 atom stereocenters. The number of carboxylic acids is 1. The Morgan fingerprint density at radius 3 is 2.86 bits per heavy atom. The number of aliphatic carboxylic acids is 1. The molecule has 0 aliphatic carbocycles. The van der Waals surface area contributed by atoms with Crippen LogP contribution in [0.3, 0.4) is 0 Å². The van der Waals surface area contributed by atoms with Gasteiger partial charge in [0.05, 0.1) is 0 Å². The van der Waals surface area contributed by atoms with Gasteiger partial charge in [-0.1, -0.05) is 17.7 Å². The topological polar surface area (TPSA) is 49.8 Å². The molecule has 2 heterocycles. The Hall–Kier alpha value is -1.55. The second kappa shape index (κ2) is 5.02. The van der Waals surface area contributed by atoms with E-state index in [2.05, 4.69) is 26.0 Å². The quantitative estimate of drug-likeness (QED) is 0.909. The van der Waals surface area contributed by atoms with E-state index >= 15 is 0 Å². The standard InChI is InChI=1S/C17H23NO3/c1-11-8-12(2)15-14(9-11)4-5-17(21-15)6-7-18(10-17)13(3)16(19)20/h8-9,13H,4-7,10H2,1-3H3,(H,19,20). The molecule has 21 heavy (non-hydrogen) atoms. The molecule has 114 valence electrons. The molecule has 2 unspecified atom stereocenters. The van der Waals surface area contributed by atoms with Crippen LogP contribution in [0.15, 0.2) is 12.1 Å². The number of fused-ring (bicyclic) bond motifs is 1. The first kappa shape index (κ1) is 14.4. The summed E-state index contributed by atoms with van der Waals surface area (Å²) < 4.78 is 6.39. The molecule has 0 saturated carbocycles. The van der Waals surface area contributed by atoms with E-state index in [4.69, 9.17) is 4.74 Å². The van der Waals surface area contributed by atoms with Gasteiger partial charge in [-0.05, 0) is 44.7 Å². The monoisotopic (exact) mass is 289 g/mol. The molecule has 1 fully saturated rings. The van der Waals surface area contributed by atoms with Gasteiger partial charge >= 0.3 is 5.97 Å². The molecule has 1 saturated heterocycles. The van der Waals surface area contributed by atoms with E-state index in [0.717, 1.165) is 31.6 Å². The highest BCUT2D eigenvalue weighted by Gasteiger charge is 2.45. The number of aryl methyl sites for hydroxylation is 3. The minimum atomic E-state index is -0.755. The molecule has 0 aromatic heterocycles. The molecular weight excluding hydrogens is 266 g/mol. The highest BCUT2D eigenvalue weighted by molar-refractivity contribution is 5.73. The third kappa shape index (κ3) is 2.53. The third-order valence-corrected chi connectivity index (χ3v) is 4.92. The Balaban J connectivity index is 1.82.